The highest BCUT2D eigenvalue weighted by Crippen LogP contribution is 2.23. The molecule has 0 aliphatic carbocycles. The van der Waals surface area contributed by atoms with Crippen LogP contribution in [0.25, 0.3) is 0 Å². The summed E-state index contributed by atoms with van der Waals surface area (Å²) < 4.78 is 19.2. The lowest BCUT2D eigenvalue weighted by molar-refractivity contribution is -0.145. The van der Waals surface area contributed by atoms with Crippen molar-refractivity contribution in [2.45, 2.75) is 37.5 Å². The molecule has 1 atom stereocenters. The van der Waals surface area contributed by atoms with Crippen LogP contribution in [0.3, 0.4) is 0 Å². The van der Waals surface area contributed by atoms with Gasteiger partial charge in [0.1, 0.15) is 0 Å². The second-order valence-corrected chi connectivity index (χ2v) is 4.48. The van der Waals surface area contributed by atoms with Crippen molar-refractivity contribution in [2.75, 3.05) is 6.61 Å². The maximum atomic E-state index is 13.4. The van der Waals surface area contributed by atoms with Gasteiger partial charge in [-0.25, -0.2) is 19.1 Å². The summed E-state index contributed by atoms with van der Waals surface area (Å²) in [6.45, 7) is 5.22. The topological polar surface area (TPSA) is 77.0 Å². The molecule has 0 amide bonds. The highest BCUT2D eigenvalue weighted by Gasteiger charge is 2.24. The maximum absolute atomic E-state index is 13.4. The molecule has 1 N–H and O–H groups in total. The number of ether oxygens (including phenoxy) is 1. The highest BCUT2D eigenvalue weighted by atomic mass is 32.2. The Morgan fingerprint density at radius 1 is 1.65 bits per heavy atom. The van der Waals surface area contributed by atoms with Gasteiger partial charge in [-0.2, -0.15) is 0 Å². The summed E-state index contributed by atoms with van der Waals surface area (Å²) in [6, 6.07) is -0.168. The zero-order valence-corrected chi connectivity index (χ0v) is 10.6. The third-order valence-corrected chi connectivity index (χ3v) is 2.77. The smallest absolute Gasteiger partial charge is 0.351 e. The first-order valence-electron chi connectivity index (χ1n) is 5.11. The summed E-state index contributed by atoms with van der Waals surface area (Å²) in [6.07, 6.45) is 0. The van der Waals surface area contributed by atoms with Crippen LogP contribution in [-0.4, -0.2) is 32.8 Å². The van der Waals surface area contributed by atoms with E-state index in [0.717, 1.165) is 0 Å². The first-order chi connectivity index (χ1) is 7.97. The van der Waals surface area contributed by atoms with Crippen LogP contribution in [0.1, 0.15) is 26.8 Å². The average molecular weight is 263 g/mol. The van der Waals surface area contributed by atoms with Crippen molar-refractivity contribution in [1.29, 1.82) is 0 Å². The molecule has 0 spiro atoms. The number of hydrogen-bond acceptors (Lipinski definition) is 5. The third-order valence-electron chi connectivity index (χ3n) is 1.87. The Balaban J connectivity index is 2.82. The normalized spacial score (nSPS) is 12.8. The van der Waals surface area contributed by atoms with E-state index in [1.54, 1.807) is 20.8 Å². The van der Waals surface area contributed by atoms with Crippen LogP contribution < -0.4 is 5.69 Å². The van der Waals surface area contributed by atoms with Crippen LogP contribution in [0, 0.1) is 0 Å². The molecule has 0 radical (unpaired) electrons. The minimum atomic E-state index is -1.89. The van der Waals surface area contributed by atoms with Crippen LogP contribution in [0.2, 0.25) is 0 Å². The Hall–Kier alpha value is -1.31. The second kappa shape index (κ2) is 5.85. The van der Waals surface area contributed by atoms with Gasteiger partial charge in [-0.15, -0.1) is 5.10 Å². The van der Waals surface area contributed by atoms with Crippen LogP contribution in [0.4, 0.5) is 4.39 Å². The monoisotopic (exact) mass is 263 g/mol. The Kier molecular flexibility index (Phi) is 4.73. The van der Waals surface area contributed by atoms with Gasteiger partial charge in [0.15, 0.2) is 5.16 Å². The van der Waals surface area contributed by atoms with Gasteiger partial charge in [-0.05, 0) is 32.5 Å². The van der Waals surface area contributed by atoms with Crippen molar-refractivity contribution in [3.8, 4) is 0 Å². The molecule has 8 heteroatoms. The first-order valence-corrected chi connectivity index (χ1v) is 5.99. The molecule has 0 saturated carbocycles. The Morgan fingerprint density at radius 2 is 2.29 bits per heavy atom. The van der Waals surface area contributed by atoms with E-state index in [0.29, 0.717) is 11.8 Å². The molecular formula is C9H14FN3O3S. The number of nitrogens with zero attached hydrogens (tertiary/aromatic N) is 2. The van der Waals surface area contributed by atoms with E-state index in [1.165, 1.54) is 4.57 Å². The van der Waals surface area contributed by atoms with Crippen molar-refractivity contribution in [3.63, 3.8) is 0 Å². The SMILES string of the molecule is CCOC(=O)C(F)Sc1n[nH]c(=O)n1C(C)C. The second-order valence-electron chi connectivity index (χ2n) is 3.46. The maximum Gasteiger partial charge on any atom is 0.351 e. The molecule has 96 valence electrons. The van der Waals surface area contributed by atoms with Crippen LogP contribution in [0.15, 0.2) is 9.95 Å². The van der Waals surface area contributed by atoms with Gasteiger partial charge < -0.3 is 4.74 Å². The van der Waals surface area contributed by atoms with Crippen molar-refractivity contribution in [3.05, 3.63) is 10.5 Å². The van der Waals surface area contributed by atoms with Crippen molar-refractivity contribution >= 4 is 17.7 Å². The van der Waals surface area contributed by atoms with Gasteiger partial charge in [-0.1, -0.05) is 0 Å². The summed E-state index contributed by atoms with van der Waals surface area (Å²) in [4.78, 5) is 22.4. The average Bonchev–Trinajstić information content (AvgIpc) is 2.60. The number of hydrogen-bond donors (Lipinski definition) is 1. The van der Waals surface area contributed by atoms with E-state index in [2.05, 4.69) is 14.9 Å². The van der Waals surface area contributed by atoms with E-state index in [-0.39, 0.29) is 17.8 Å². The molecule has 0 aromatic carbocycles. The van der Waals surface area contributed by atoms with E-state index in [1.807, 2.05) is 0 Å². The summed E-state index contributed by atoms with van der Waals surface area (Å²) >= 11 is 0.547. The van der Waals surface area contributed by atoms with Crippen molar-refractivity contribution in [1.82, 2.24) is 14.8 Å². The van der Waals surface area contributed by atoms with Gasteiger partial charge in [0.05, 0.1) is 6.61 Å². The molecule has 1 heterocycles. The first kappa shape index (κ1) is 13.8. The van der Waals surface area contributed by atoms with E-state index >= 15 is 0 Å². The molecular weight excluding hydrogens is 249 g/mol. The van der Waals surface area contributed by atoms with Crippen molar-refractivity contribution < 1.29 is 13.9 Å². The minimum absolute atomic E-state index is 0.108. The number of thioether (sulfide) groups is 1. The van der Waals surface area contributed by atoms with Crippen LogP contribution >= 0.6 is 11.8 Å². The number of rotatable bonds is 5. The van der Waals surface area contributed by atoms with Gasteiger partial charge in [0, 0.05) is 6.04 Å². The molecule has 17 heavy (non-hydrogen) atoms. The van der Waals surface area contributed by atoms with Crippen LogP contribution in [-0.2, 0) is 9.53 Å². The molecule has 0 fully saturated rings. The number of esters is 1. The summed E-state index contributed by atoms with van der Waals surface area (Å²) in [5.41, 5.74) is -2.32. The number of H-pyrrole nitrogens is 1. The molecule has 1 aromatic rings. The molecule has 6 nitrogen and oxygen atoms in total. The number of halogens is 1. The quantitative estimate of drug-likeness (QED) is 0.636. The predicted octanol–water partition coefficient (Wildman–Crippen LogP) is 1.10. The number of carbonyl (C=O) groups excluding carboxylic acids is 1. The van der Waals surface area contributed by atoms with Gasteiger partial charge in [0.2, 0.25) is 5.50 Å². The molecule has 0 aliphatic rings. The predicted molar refractivity (Wildman–Crippen MR) is 60.6 cm³/mol. The summed E-state index contributed by atoms with van der Waals surface area (Å²) in [5, 5.41) is 6.00. The van der Waals surface area contributed by atoms with E-state index < -0.39 is 17.2 Å². The fraction of sp³-hybridized carbons (Fsp3) is 0.667. The number of alkyl halides is 1. The minimum Gasteiger partial charge on any atom is -0.463 e. The lowest BCUT2D eigenvalue weighted by Gasteiger charge is -2.10. The Labute approximate surface area is 102 Å². The van der Waals surface area contributed by atoms with Crippen molar-refractivity contribution in [2.24, 2.45) is 0 Å². The molecule has 0 bridgehead atoms. The largest absolute Gasteiger partial charge is 0.463 e. The zero-order valence-electron chi connectivity index (χ0n) is 9.77. The van der Waals surface area contributed by atoms with E-state index in [9.17, 15) is 14.0 Å². The Bertz CT molecular complexity index is 443. The molecule has 1 aromatic heterocycles. The molecule has 1 unspecified atom stereocenters. The standard InChI is InChI=1S/C9H14FN3O3S/c1-4-16-7(14)6(10)17-9-12-11-8(15)13(9)5(2)3/h5-6H,4H2,1-3H3,(H,11,15). The van der Waals surface area contributed by atoms with E-state index in [4.69, 9.17) is 0 Å². The summed E-state index contributed by atoms with van der Waals surface area (Å²) in [5.74, 6) is -0.969. The van der Waals surface area contributed by atoms with Gasteiger partial charge in [0.25, 0.3) is 0 Å². The molecule has 0 saturated heterocycles. The van der Waals surface area contributed by atoms with Crippen LogP contribution in [0.5, 0.6) is 0 Å². The number of aromatic nitrogens is 3. The Morgan fingerprint density at radius 3 is 2.82 bits per heavy atom. The number of carbonyl (C=O) groups is 1. The summed E-state index contributed by atoms with van der Waals surface area (Å²) in [7, 11) is 0. The fourth-order valence-electron chi connectivity index (χ4n) is 1.18. The number of aromatic amines is 1. The third kappa shape index (κ3) is 3.32. The number of nitrogens with one attached hydrogen (secondary N) is 1. The lowest BCUT2D eigenvalue weighted by atomic mass is 10.4. The molecule has 0 aliphatic heterocycles. The lowest BCUT2D eigenvalue weighted by Crippen LogP contribution is -2.21. The van der Waals surface area contributed by atoms with Gasteiger partial charge >= 0.3 is 11.7 Å². The molecule has 1 rings (SSSR count). The highest BCUT2D eigenvalue weighted by molar-refractivity contribution is 8.00. The van der Waals surface area contributed by atoms with Gasteiger partial charge in [-0.3, -0.25) is 4.57 Å². The zero-order chi connectivity index (χ0) is 13.0. The fourth-order valence-corrected chi connectivity index (χ4v) is 2.03.